The molecule has 4 heteroatoms. The average Bonchev–Trinajstić information content (AvgIpc) is 2.55. The van der Waals surface area contributed by atoms with Gasteiger partial charge in [0, 0.05) is 12.5 Å². The predicted octanol–water partition coefficient (Wildman–Crippen LogP) is 4.84. The number of carbonyl (C=O) groups excluding carboxylic acids is 1. The standard InChI is InChI=1S/C18H17Cl2NO/c19-16-10-4-9-15(17(16)20)18(22)21-11-13-7-3-6-12-5-1-2-8-14(12)13/h1-2,4-5,8-10,13H,3,6-7,11H2,(H,21,22). The van der Waals surface area contributed by atoms with E-state index in [4.69, 9.17) is 23.2 Å². The maximum absolute atomic E-state index is 12.3. The van der Waals surface area contributed by atoms with Gasteiger partial charge < -0.3 is 5.32 Å². The Kier molecular flexibility index (Phi) is 4.70. The smallest absolute Gasteiger partial charge is 0.252 e. The van der Waals surface area contributed by atoms with Crippen molar-refractivity contribution in [3.05, 3.63) is 69.2 Å². The first kappa shape index (κ1) is 15.4. The quantitative estimate of drug-likeness (QED) is 0.855. The largest absolute Gasteiger partial charge is 0.351 e. The second-order valence-corrected chi connectivity index (χ2v) is 6.38. The molecule has 3 rings (SSSR count). The van der Waals surface area contributed by atoms with Gasteiger partial charge in [0.15, 0.2) is 0 Å². The Bertz CT molecular complexity index is 699. The topological polar surface area (TPSA) is 29.1 Å². The Balaban J connectivity index is 1.71. The van der Waals surface area contributed by atoms with Crippen LogP contribution in [0, 0.1) is 0 Å². The van der Waals surface area contributed by atoms with Gasteiger partial charge in [0.2, 0.25) is 0 Å². The zero-order valence-corrected chi connectivity index (χ0v) is 13.6. The molecule has 0 spiro atoms. The molecule has 0 aliphatic heterocycles. The van der Waals surface area contributed by atoms with Gasteiger partial charge in [-0.2, -0.15) is 0 Å². The van der Waals surface area contributed by atoms with Crippen molar-refractivity contribution in [3.63, 3.8) is 0 Å². The average molecular weight is 334 g/mol. The summed E-state index contributed by atoms with van der Waals surface area (Å²) in [5, 5.41) is 3.71. The maximum atomic E-state index is 12.3. The summed E-state index contributed by atoms with van der Waals surface area (Å²) in [4.78, 5) is 12.3. The van der Waals surface area contributed by atoms with Crippen molar-refractivity contribution in [2.45, 2.75) is 25.2 Å². The molecule has 2 aromatic rings. The summed E-state index contributed by atoms with van der Waals surface area (Å²) in [5.41, 5.74) is 3.18. The van der Waals surface area contributed by atoms with Crippen LogP contribution in [0.3, 0.4) is 0 Å². The van der Waals surface area contributed by atoms with Gasteiger partial charge in [-0.15, -0.1) is 0 Å². The molecule has 2 aromatic carbocycles. The number of aryl methyl sites for hydroxylation is 1. The second-order valence-electron chi connectivity index (χ2n) is 5.60. The molecule has 22 heavy (non-hydrogen) atoms. The van der Waals surface area contributed by atoms with E-state index in [0.717, 1.165) is 19.3 Å². The lowest BCUT2D eigenvalue weighted by Crippen LogP contribution is -2.30. The van der Waals surface area contributed by atoms with Crippen LogP contribution in [-0.2, 0) is 6.42 Å². The third kappa shape index (κ3) is 3.13. The third-order valence-corrected chi connectivity index (χ3v) is 5.02. The number of benzene rings is 2. The van der Waals surface area contributed by atoms with E-state index in [1.165, 1.54) is 11.1 Å². The highest BCUT2D eigenvalue weighted by Gasteiger charge is 2.21. The first-order valence-corrected chi connectivity index (χ1v) is 8.22. The maximum Gasteiger partial charge on any atom is 0.252 e. The van der Waals surface area contributed by atoms with Crippen molar-refractivity contribution >= 4 is 29.1 Å². The first-order valence-electron chi connectivity index (χ1n) is 7.47. The minimum atomic E-state index is -0.171. The fourth-order valence-electron chi connectivity index (χ4n) is 3.06. The number of halogens is 2. The van der Waals surface area contributed by atoms with Crippen LogP contribution in [0.2, 0.25) is 10.0 Å². The van der Waals surface area contributed by atoms with Gasteiger partial charge in [-0.1, -0.05) is 53.5 Å². The molecule has 2 nitrogen and oxygen atoms in total. The molecule has 1 atom stereocenters. The van der Waals surface area contributed by atoms with Crippen LogP contribution in [0.1, 0.15) is 40.2 Å². The molecular weight excluding hydrogens is 317 g/mol. The van der Waals surface area contributed by atoms with E-state index in [2.05, 4.69) is 29.6 Å². The Labute approximate surface area is 140 Å². The summed E-state index contributed by atoms with van der Waals surface area (Å²) in [6.45, 7) is 0.624. The van der Waals surface area contributed by atoms with E-state index in [1.54, 1.807) is 18.2 Å². The molecule has 1 amide bonds. The third-order valence-electron chi connectivity index (χ3n) is 4.20. The molecule has 0 bridgehead atoms. The van der Waals surface area contributed by atoms with Gasteiger partial charge >= 0.3 is 0 Å². The molecule has 1 N–H and O–H groups in total. The minimum Gasteiger partial charge on any atom is -0.351 e. The van der Waals surface area contributed by atoms with Crippen LogP contribution in [0.15, 0.2) is 42.5 Å². The van der Waals surface area contributed by atoms with E-state index < -0.39 is 0 Å². The molecule has 1 aliphatic carbocycles. The number of nitrogens with one attached hydrogen (secondary N) is 1. The fraction of sp³-hybridized carbons (Fsp3) is 0.278. The molecule has 1 aliphatic rings. The second kappa shape index (κ2) is 6.72. The van der Waals surface area contributed by atoms with E-state index in [-0.39, 0.29) is 5.91 Å². The SMILES string of the molecule is O=C(NCC1CCCc2ccccc21)c1cccc(Cl)c1Cl. The number of fused-ring (bicyclic) bond motifs is 1. The Morgan fingerprint density at radius 2 is 1.95 bits per heavy atom. The van der Waals surface area contributed by atoms with E-state index in [9.17, 15) is 4.79 Å². The zero-order valence-electron chi connectivity index (χ0n) is 12.1. The van der Waals surface area contributed by atoms with E-state index in [1.807, 2.05) is 0 Å². The van der Waals surface area contributed by atoms with Crippen molar-refractivity contribution in [1.82, 2.24) is 5.32 Å². The van der Waals surface area contributed by atoms with Crippen LogP contribution >= 0.6 is 23.2 Å². The lowest BCUT2D eigenvalue weighted by atomic mass is 9.83. The summed E-state index contributed by atoms with van der Waals surface area (Å²) < 4.78 is 0. The molecule has 1 unspecified atom stereocenters. The van der Waals surface area contributed by atoms with Gasteiger partial charge in [0.1, 0.15) is 0 Å². The number of hydrogen-bond acceptors (Lipinski definition) is 1. The molecule has 0 saturated heterocycles. The Morgan fingerprint density at radius 1 is 1.14 bits per heavy atom. The van der Waals surface area contributed by atoms with Crippen molar-refractivity contribution in [3.8, 4) is 0 Å². The van der Waals surface area contributed by atoms with Gasteiger partial charge in [-0.05, 0) is 42.5 Å². The van der Waals surface area contributed by atoms with Crippen molar-refractivity contribution in [2.75, 3.05) is 6.54 Å². The normalized spacial score (nSPS) is 16.9. The van der Waals surface area contributed by atoms with Gasteiger partial charge in [0.25, 0.3) is 5.91 Å². The number of amides is 1. The van der Waals surface area contributed by atoms with Crippen LogP contribution in [0.25, 0.3) is 0 Å². The van der Waals surface area contributed by atoms with Crippen molar-refractivity contribution < 1.29 is 4.79 Å². The zero-order chi connectivity index (χ0) is 15.5. The monoisotopic (exact) mass is 333 g/mol. The molecule has 0 fully saturated rings. The van der Waals surface area contributed by atoms with Crippen molar-refractivity contribution in [1.29, 1.82) is 0 Å². The lowest BCUT2D eigenvalue weighted by molar-refractivity contribution is 0.0950. The van der Waals surface area contributed by atoms with E-state index >= 15 is 0 Å². The summed E-state index contributed by atoms with van der Waals surface area (Å²) in [5.74, 6) is 0.197. The minimum absolute atomic E-state index is 0.171. The molecule has 0 heterocycles. The van der Waals surface area contributed by atoms with Gasteiger partial charge in [-0.3, -0.25) is 4.79 Å². The molecular formula is C18H17Cl2NO. The summed E-state index contributed by atoms with van der Waals surface area (Å²) in [6.07, 6.45) is 3.39. The van der Waals surface area contributed by atoms with Crippen LogP contribution < -0.4 is 5.32 Å². The molecule has 0 aromatic heterocycles. The highest BCUT2D eigenvalue weighted by atomic mass is 35.5. The molecule has 114 valence electrons. The summed E-state index contributed by atoms with van der Waals surface area (Å²) in [6, 6.07) is 13.6. The van der Waals surface area contributed by atoms with Gasteiger partial charge in [0.05, 0.1) is 15.6 Å². The number of hydrogen-bond donors (Lipinski definition) is 1. The Hall–Kier alpha value is -1.51. The predicted molar refractivity (Wildman–Crippen MR) is 90.9 cm³/mol. The Morgan fingerprint density at radius 3 is 2.82 bits per heavy atom. The first-order chi connectivity index (χ1) is 10.7. The lowest BCUT2D eigenvalue weighted by Gasteiger charge is -2.25. The highest BCUT2D eigenvalue weighted by Crippen LogP contribution is 2.31. The van der Waals surface area contributed by atoms with Gasteiger partial charge in [-0.25, -0.2) is 0 Å². The summed E-state index contributed by atoms with van der Waals surface area (Å²) in [7, 11) is 0. The fourth-order valence-corrected chi connectivity index (χ4v) is 3.44. The number of carbonyl (C=O) groups is 1. The molecule has 0 saturated carbocycles. The molecule has 0 radical (unpaired) electrons. The van der Waals surface area contributed by atoms with E-state index in [0.29, 0.717) is 28.1 Å². The highest BCUT2D eigenvalue weighted by molar-refractivity contribution is 6.43. The number of rotatable bonds is 3. The van der Waals surface area contributed by atoms with Crippen molar-refractivity contribution in [2.24, 2.45) is 0 Å². The van der Waals surface area contributed by atoms with Crippen LogP contribution in [-0.4, -0.2) is 12.5 Å². The van der Waals surface area contributed by atoms with Crippen LogP contribution in [0.5, 0.6) is 0 Å². The summed E-state index contributed by atoms with van der Waals surface area (Å²) >= 11 is 12.1. The van der Waals surface area contributed by atoms with Crippen LogP contribution in [0.4, 0.5) is 0 Å².